The predicted molar refractivity (Wildman–Crippen MR) is 147 cm³/mol. The summed E-state index contributed by atoms with van der Waals surface area (Å²) in [6.45, 7) is 4.51. The maximum Gasteiger partial charge on any atom is 0.273 e. The lowest BCUT2D eigenvalue weighted by atomic mass is 9.84. The maximum absolute atomic E-state index is 15.0. The molecule has 0 unspecified atom stereocenters. The number of hydrogen-bond acceptors (Lipinski definition) is 7. The number of piperidine rings is 1. The maximum atomic E-state index is 15.0. The van der Waals surface area contributed by atoms with E-state index in [1.54, 1.807) is 22.9 Å². The highest BCUT2D eigenvalue weighted by Gasteiger charge is 2.43. The first-order valence-electron chi connectivity index (χ1n) is 13.9. The van der Waals surface area contributed by atoms with Gasteiger partial charge in [-0.05, 0) is 49.7 Å². The Kier molecular flexibility index (Phi) is 6.15. The first-order chi connectivity index (χ1) is 19.9. The summed E-state index contributed by atoms with van der Waals surface area (Å²) >= 11 is 0. The summed E-state index contributed by atoms with van der Waals surface area (Å²) in [6, 6.07) is 11.6. The number of rotatable bonds is 6. The molecule has 3 aliphatic heterocycles. The predicted octanol–water partition coefficient (Wildman–Crippen LogP) is 1.73. The van der Waals surface area contributed by atoms with Crippen molar-refractivity contribution >= 4 is 22.6 Å². The topological polar surface area (TPSA) is 129 Å². The lowest BCUT2D eigenvalue weighted by Gasteiger charge is -2.28. The Bertz CT molecular complexity index is 1740. The molecule has 41 heavy (non-hydrogen) atoms. The third kappa shape index (κ3) is 4.57. The number of benzene rings is 2. The van der Waals surface area contributed by atoms with Crippen molar-refractivity contribution in [3.05, 3.63) is 86.8 Å². The molecule has 2 saturated heterocycles. The molecule has 2 bridgehead atoms. The second-order valence-corrected chi connectivity index (χ2v) is 11.3. The fraction of sp³-hybridized carbons (Fsp3) is 0.379. The van der Waals surface area contributed by atoms with Crippen molar-refractivity contribution in [1.29, 1.82) is 0 Å². The summed E-state index contributed by atoms with van der Waals surface area (Å²) in [5, 5.41) is 19.2. The number of hydrogen-bond donors (Lipinski definition) is 2. The normalized spacial score (nSPS) is 21.3. The van der Waals surface area contributed by atoms with Gasteiger partial charge in [0.15, 0.2) is 5.69 Å². The Morgan fingerprint density at radius 3 is 2.63 bits per heavy atom. The second kappa shape index (κ2) is 9.88. The van der Waals surface area contributed by atoms with Gasteiger partial charge in [0.05, 0.1) is 35.4 Å². The number of amides is 2. The lowest BCUT2D eigenvalue weighted by Crippen LogP contribution is -2.41. The van der Waals surface area contributed by atoms with Gasteiger partial charge in [-0.25, -0.2) is 14.2 Å². The summed E-state index contributed by atoms with van der Waals surface area (Å²) in [5.41, 5.74) is 1.83. The lowest BCUT2D eigenvalue weighted by molar-refractivity contribution is 0.0697. The van der Waals surface area contributed by atoms with Gasteiger partial charge in [0, 0.05) is 36.9 Å². The van der Waals surface area contributed by atoms with Crippen LogP contribution in [-0.2, 0) is 19.5 Å². The summed E-state index contributed by atoms with van der Waals surface area (Å²) in [5.74, 6) is -1.40. The van der Waals surface area contributed by atoms with Gasteiger partial charge >= 0.3 is 0 Å². The molecule has 12 heteroatoms. The minimum absolute atomic E-state index is 0.0609. The Morgan fingerprint density at radius 2 is 1.85 bits per heavy atom. The highest BCUT2D eigenvalue weighted by molar-refractivity contribution is 5.96. The van der Waals surface area contributed by atoms with Crippen molar-refractivity contribution in [2.75, 3.05) is 32.7 Å². The summed E-state index contributed by atoms with van der Waals surface area (Å²) in [7, 11) is 0. The van der Waals surface area contributed by atoms with Gasteiger partial charge in [-0.2, -0.15) is 5.10 Å². The minimum Gasteiger partial charge on any atom is -0.350 e. The van der Waals surface area contributed by atoms with Crippen LogP contribution < -0.4 is 10.9 Å². The Morgan fingerprint density at radius 1 is 1.05 bits per heavy atom. The first kappa shape index (κ1) is 25.5. The van der Waals surface area contributed by atoms with E-state index in [4.69, 9.17) is 0 Å². The van der Waals surface area contributed by atoms with Crippen molar-refractivity contribution in [1.82, 2.24) is 40.3 Å². The van der Waals surface area contributed by atoms with E-state index < -0.39 is 11.7 Å². The van der Waals surface area contributed by atoms with Crippen molar-refractivity contribution in [2.24, 2.45) is 5.41 Å². The van der Waals surface area contributed by atoms with E-state index in [9.17, 15) is 18.8 Å². The zero-order valence-corrected chi connectivity index (χ0v) is 22.4. The van der Waals surface area contributed by atoms with Crippen LogP contribution in [0.2, 0.25) is 0 Å². The van der Waals surface area contributed by atoms with E-state index in [0.29, 0.717) is 53.8 Å². The fourth-order valence-electron chi connectivity index (χ4n) is 6.41. The average Bonchev–Trinajstić information content (AvgIpc) is 3.73. The van der Waals surface area contributed by atoms with E-state index in [2.05, 4.69) is 30.7 Å². The van der Waals surface area contributed by atoms with Gasteiger partial charge < -0.3 is 15.1 Å². The van der Waals surface area contributed by atoms with Crippen molar-refractivity contribution in [3.8, 4) is 0 Å². The van der Waals surface area contributed by atoms with Crippen LogP contribution >= 0.6 is 0 Å². The van der Waals surface area contributed by atoms with E-state index in [1.807, 2.05) is 12.1 Å². The molecule has 7 rings (SSSR count). The van der Waals surface area contributed by atoms with Crippen molar-refractivity contribution in [3.63, 3.8) is 0 Å². The monoisotopic (exact) mass is 556 g/mol. The van der Waals surface area contributed by atoms with Crippen LogP contribution in [0.5, 0.6) is 0 Å². The Balaban J connectivity index is 1.09. The Labute approximate surface area is 234 Å². The van der Waals surface area contributed by atoms with E-state index in [-0.39, 0.29) is 34.7 Å². The number of nitrogens with one attached hydrogen (secondary N) is 2. The third-order valence-electron chi connectivity index (χ3n) is 8.77. The zero-order chi connectivity index (χ0) is 28.1. The SMILES string of the molecule is O=C(NCC12CCN(CC1)C2)c1nnn2c1CN(C(=O)c1cc(Cc3n[nH]c(=O)c4ccccc34)ccc1F)CC2. The molecule has 0 saturated carbocycles. The summed E-state index contributed by atoms with van der Waals surface area (Å²) in [4.78, 5) is 42.8. The highest BCUT2D eigenvalue weighted by atomic mass is 19.1. The fourth-order valence-corrected chi connectivity index (χ4v) is 6.41. The number of fused-ring (bicyclic) bond motifs is 4. The molecule has 0 spiro atoms. The number of aromatic nitrogens is 5. The van der Waals surface area contributed by atoms with Crippen LogP contribution in [-0.4, -0.2) is 79.5 Å². The van der Waals surface area contributed by atoms with Crippen LogP contribution in [0.4, 0.5) is 4.39 Å². The molecule has 2 amide bonds. The molecule has 2 aromatic carbocycles. The molecule has 0 radical (unpaired) electrons. The van der Waals surface area contributed by atoms with Crippen LogP contribution in [0.15, 0.2) is 47.3 Å². The van der Waals surface area contributed by atoms with Gasteiger partial charge in [0.2, 0.25) is 0 Å². The quantitative estimate of drug-likeness (QED) is 0.370. The molecular formula is C29H29FN8O3. The third-order valence-corrected chi connectivity index (χ3v) is 8.77. The summed E-state index contributed by atoms with van der Waals surface area (Å²) in [6.07, 6.45) is 2.46. The van der Waals surface area contributed by atoms with Crippen LogP contribution in [0, 0.1) is 11.2 Å². The highest BCUT2D eigenvalue weighted by Crippen LogP contribution is 2.39. The second-order valence-electron chi connectivity index (χ2n) is 11.3. The molecule has 11 nitrogen and oxygen atoms in total. The van der Waals surface area contributed by atoms with Crippen molar-refractivity contribution < 1.29 is 14.0 Å². The average molecular weight is 557 g/mol. The number of H-pyrrole nitrogens is 1. The van der Waals surface area contributed by atoms with E-state index in [0.717, 1.165) is 32.5 Å². The van der Waals surface area contributed by atoms with Gasteiger partial charge in [-0.15, -0.1) is 5.10 Å². The molecule has 2 N–H and O–H groups in total. The zero-order valence-electron chi connectivity index (χ0n) is 22.4. The first-order valence-corrected chi connectivity index (χ1v) is 13.9. The van der Waals surface area contributed by atoms with Gasteiger partial charge in [0.1, 0.15) is 5.82 Å². The molecule has 3 aliphatic rings. The Hall–Kier alpha value is -4.45. The molecule has 0 aliphatic carbocycles. The van der Waals surface area contributed by atoms with Crippen LogP contribution in [0.3, 0.4) is 0 Å². The molecule has 2 fully saturated rings. The number of nitrogens with zero attached hydrogens (tertiary/aromatic N) is 6. The summed E-state index contributed by atoms with van der Waals surface area (Å²) < 4.78 is 16.6. The van der Waals surface area contributed by atoms with Crippen molar-refractivity contribution in [2.45, 2.75) is 32.4 Å². The standard InChI is InChI=1S/C29H29FN8O3/c30-22-6-5-18(14-23-19-3-1-2-4-20(19)26(39)34-32-23)13-21(22)28(41)37-11-12-38-24(15-37)25(33-35-38)27(40)31-16-29-7-9-36(17-29)10-8-29/h1-6,13H,7-12,14-17H2,(H,31,40)(H,34,39). The van der Waals surface area contributed by atoms with Crippen LogP contribution in [0.1, 0.15) is 50.6 Å². The van der Waals surface area contributed by atoms with Gasteiger partial charge in [-0.1, -0.05) is 29.5 Å². The van der Waals surface area contributed by atoms with Gasteiger partial charge in [0.25, 0.3) is 17.4 Å². The largest absolute Gasteiger partial charge is 0.350 e. The van der Waals surface area contributed by atoms with Crippen LogP contribution in [0.25, 0.3) is 10.8 Å². The number of aromatic amines is 1. The molecule has 2 aromatic heterocycles. The van der Waals surface area contributed by atoms with Gasteiger partial charge in [-0.3, -0.25) is 14.4 Å². The number of carbonyl (C=O) groups excluding carboxylic acids is 2. The minimum atomic E-state index is -0.630. The molecular weight excluding hydrogens is 527 g/mol. The smallest absolute Gasteiger partial charge is 0.273 e. The molecule has 5 heterocycles. The molecule has 4 aromatic rings. The van der Waals surface area contributed by atoms with E-state index in [1.165, 1.54) is 17.0 Å². The molecule has 210 valence electrons. The molecule has 0 atom stereocenters. The number of halogens is 1. The van der Waals surface area contributed by atoms with E-state index >= 15 is 0 Å². The number of carbonyl (C=O) groups is 2.